The van der Waals surface area contributed by atoms with E-state index < -0.39 is 0 Å². The Hall–Kier alpha value is -0.870. The van der Waals surface area contributed by atoms with Crippen molar-refractivity contribution in [2.24, 2.45) is 5.41 Å². The van der Waals surface area contributed by atoms with Crippen LogP contribution in [0.25, 0.3) is 0 Å². The number of ether oxygens (including phenoxy) is 1. The predicted molar refractivity (Wildman–Crippen MR) is 75.0 cm³/mol. The van der Waals surface area contributed by atoms with Crippen LogP contribution in [0, 0.1) is 12.3 Å². The normalized spacial score (nSPS) is 32.1. The first-order chi connectivity index (χ1) is 9.01. The lowest BCUT2D eigenvalue weighted by Gasteiger charge is -2.54. The summed E-state index contributed by atoms with van der Waals surface area (Å²) >= 11 is 0. The summed E-state index contributed by atoms with van der Waals surface area (Å²) in [7, 11) is 0. The van der Waals surface area contributed by atoms with Crippen molar-refractivity contribution in [3.8, 4) is 0 Å². The molecule has 2 rings (SSSR count). The van der Waals surface area contributed by atoms with E-state index in [4.69, 9.17) is 9.15 Å². The summed E-state index contributed by atoms with van der Waals surface area (Å²) in [4.78, 5) is 4.30. The van der Waals surface area contributed by atoms with Crippen molar-refractivity contribution in [3.63, 3.8) is 0 Å². The van der Waals surface area contributed by atoms with Crippen LogP contribution in [0.15, 0.2) is 10.6 Å². The Balaban J connectivity index is 1.96. The molecule has 1 aliphatic carbocycles. The molecular formula is C15H26N2O2. The first-order valence-electron chi connectivity index (χ1n) is 7.31. The summed E-state index contributed by atoms with van der Waals surface area (Å²) in [6, 6.07) is 0.614. The van der Waals surface area contributed by atoms with E-state index in [0.29, 0.717) is 12.1 Å². The molecule has 0 aliphatic heterocycles. The molecule has 1 aromatic rings. The summed E-state index contributed by atoms with van der Waals surface area (Å²) in [6.07, 6.45) is 4.34. The van der Waals surface area contributed by atoms with E-state index in [1.165, 1.54) is 0 Å². The zero-order valence-electron chi connectivity index (χ0n) is 12.7. The Kier molecular flexibility index (Phi) is 4.31. The van der Waals surface area contributed by atoms with Crippen LogP contribution < -0.4 is 5.32 Å². The largest absolute Gasteiger partial charge is 0.444 e. The van der Waals surface area contributed by atoms with Crippen LogP contribution in [0.5, 0.6) is 0 Å². The predicted octanol–water partition coefficient (Wildman–Crippen LogP) is 3.23. The fraction of sp³-hybridized carbons (Fsp3) is 0.800. The monoisotopic (exact) mass is 266 g/mol. The van der Waals surface area contributed by atoms with Crippen LogP contribution in [-0.4, -0.2) is 23.7 Å². The number of hydrogen-bond donors (Lipinski definition) is 1. The van der Waals surface area contributed by atoms with Gasteiger partial charge in [0.05, 0.1) is 18.3 Å². The third kappa shape index (κ3) is 2.70. The Labute approximate surface area is 115 Å². The summed E-state index contributed by atoms with van der Waals surface area (Å²) in [6.45, 7) is 11.4. The molecule has 1 aromatic heterocycles. The van der Waals surface area contributed by atoms with Crippen molar-refractivity contribution < 1.29 is 9.15 Å². The van der Waals surface area contributed by atoms with Gasteiger partial charge >= 0.3 is 0 Å². The molecule has 1 fully saturated rings. The van der Waals surface area contributed by atoms with Gasteiger partial charge in [-0.15, -0.1) is 0 Å². The summed E-state index contributed by atoms with van der Waals surface area (Å²) in [5.74, 6) is 1.64. The number of oxazole rings is 1. The minimum Gasteiger partial charge on any atom is -0.444 e. The van der Waals surface area contributed by atoms with Crippen LogP contribution in [0.3, 0.4) is 0 Å². The van der Waals surface area contributed by atoms with Crippen LogP contribution in [0.2, 0.25) is 0 Å². The maximum Gasteiger partial charge on any atom is 0.211 e. The molecule has 4 nitrogen and oxygen atoms in total. The number of hydrogen-bond acceptors (Lipinski definition) is 4. The molecule has 108 valence electrons. The van der Waals surface area contributed by atoms with Crippen molar-refractivity contribution in [1.29, 1.82) is 0 Å². The molecule has 19 heavy (non-hydrogen) atoms. The lowest BCUT2D eigenvalue weighted by molar-refractivity contribution is -0.128. The topological polar surface area (TPSA) is 47.3 Å². The second-order valence-corrected chi connectivity index (χ2v) is 5.79. The van der Waals surface area contributed by atoms with E-state index in [2.05, 4.69) is 38.0 Å². The SMILES string of the molecule is CCOC1CC(NC(C)c2ncc(C)o2)C1(C)CC. The summed E-state index contributed by atoms with van der Waals surface area (Å²) in [5.41, 5.74) is 0.214. The Morgan fingerprint density at radius 2 is 2.32 bits per heavy atom. The molecule has 1 heterocycles. The fourth-order valence-electron chi connectivity index (χ4n) is 2.95. The first kappa shape index (κ1) is 14.5. The van der Waals surface area contributed by atoms with Crippen molar-refractivity contribution in [1.82, 2.24) is 10.3 Å². The van der Waals surface area contributed by atoms with Gasteiger partial charge in [-0.2, -0.15) is 0 Å². The average molecular weight is 266 g/mol. The van der Waals surface area contributed by atoms with Gasteiger partial charge < -0.3 is 14.5 Å². The van der Waals surface area contributed by atoms with E-state index in [0.717, 1.165) is 31.1 Å². The van der Waals surface area contributed by atoms with Gasteiger partial charge in [0.2, 0.25) is 5.89 Å². The van der Waals surface area contributed by atoms with E-state index in [1.807, 2.05) is 6.92 Å². The third-order valence-corrected chi connectivity index (χ3v) is 4.57. The lowest BCUT2D eigenvalue weighted by Crippen LogP contribution is -2.62. The number of nitrogens with one attached hydrogen (secondary N) is 1. The molecule has 0 saturated heterocycles. The molecule has 0 radical (unpaired) electrons. The first-order valence-corrected chi connectivity index (χ1v) is 7.31. The number of nitrogens with zero attached hydrogens (tertiary/aromatic N) is 1. The fourth-order valence-corrected chi connectivity index (χ4v) is 2.95. The highest BCUT2D eigenvalue weighted by Gasteiger charge is 2.51. The molecule has 0 aromatic carbocycles. The second kappa shape index (κ2) is 5.63. The molecule has 1 N–H and O–H groups in total. The number of rotatable bonds is 6. The highest BCUT2D eigenvalue weighted by molar-refractivity contribution is 5.07. The maximum atomic E-state index is 5.83. The van der Waals surface area contributed by atoms with E-state index in [9.17, 15) is 0 Å². The lowest BCUT2D eigenvalue weighted by atomic mass is 9.61. The van der Waals surface area contributed by atoms with Gasteiger partial charge in [-0.25, -0.2) is 4.98 Å². The van der Waals surface area contributed by atoms with Crippen LogP contribution in [0.1, 0.15) is 58.2 Å². The zero-order valence-corrected chi connectivity index (χ0v) is 12.7. The molecule has 1 aliphatic rings. The molecule has 1 saturated carbocycles. The highest BCUT2D eigenvalue weighted by Crippen LogP contribution is 2.46. The van der Waals surface area contributed by atoms with E-state index >= 15 is 0 Å². The van der Waals surface area contributed by atoms with Crippen molar-refractivity contribution in [2.75, 3.05) is 6.61 Å². The van der Waals surface area contributed by atoms with Crippen LogP contribution in [0.4, 0.5) is 0 Å². The van der Waals surface area contributed by atoms with E-state index in [-0.39, 0.29) is 11.5 Å². The molecule has 0 spiro atoms. The highest BCUT2D eigenvalue weighted by atomic mass is 16.5. The molecule has 0 amide bonds. The molecule has 4 atom stereocenters. The van der Waals surface area contributed by atoms with Crippen molar-refractivity contribution in [2.45, 2.75) is 65.6 Å². The summed E-state index contributed by atoms with van der Waals surface area (Å²) < 4.78 is 11.4. The van der Waals surface area contributed by atoms with Gasteiger partial charge in [-0.1, -0.05) is 13.8 Å². The van der Waals surface area contributed by atoms with Gasteiger partial charge in [0.25, 0.3) is 0 Å². The Morgan fingerprint density at radius 3 is 2.84 bits per heavy atom. The second-order valence-electron chi connectivity index (χ2n) is 5.79. The van der Waals surface area contributed by atoms with E-state index in [1.54, 1.807) is 6.20 Å². The Bertz CT molecular complexity index is 418. The third-order valence-electron chi connectivity index (χ3n) is 4.57. The van der Waals surface area contributed by atoms with Crippen LogP contribution in [-0.2, 0) is 4.74 Å². The molecular weight excluding hydrogens is 240 g/mol. The van der Waals surface area contributed by atoms with Gasteiger partial charge in [0, 0.05) is 18.1 Å². The van der Waals surface area contributed by atoms with Gasteiger partial charge in [-0.05, 0) is 33.6 Å². The van der Waals surface area contributed by atoms with Gasteiger partial charge in [-0.3, -0.25) is 0 Å². The Morgan fingerprint density at radius 1 is 1.58 bits per heavy atom. The zero-order chi connectivity index (χ0) is 14.0. The quantitative estimate of drug-likeness (QED) is 0.858. The maximum absolute atomic E-state index is 5.83. The molecule has 4 unspecified atom stereocenters. The number of aryl methyl sites for hydroxylation is 1. The molecule has 4 heteroatoms. The minimum absolute atomic E-state index is 0.146. The standard InChI is InChI=1S/C15H26N2O2/c1-6-15(5)12(8-13(15)18-7-2)17-11(4)14-16-9-10(3)19-14/h9,11-13,17H,6-8H2,1-5H3. The molecule has 0 bridgehead atoms. The average Bonchev–Trinajstić information content (AvgIpc) is 2.83. The van der Waals surface area contributed by atoms with Crippen molar-refractivity contribution in [3.05, 3.63) is 17.8 Å². The number of aromatic nitrogens is 1. The van der Waals surface area contributed by atoms with Gasteiger partial charge in [0.15, 0.2) is 0 Å². The minimum atomic E-state index is 0.146. The van der Waals surface area contributed by atoms with Crippen LogP contribution >= 0.6 is 0 Å². The smallest absolute Gasteiger partial charge is 0.211 e. The van der Waals surface area contributed by atoms with Gasteiger partial charge in [0.1, 0.15) is 5.76 Å². The van der Waals surface area contributed by atoms with Crippen molar-refractivity contribution >= 4 is 0 Å². The summed E-state index contributed by atoms with van der Waals surface area (Å²) in [5, 5.41) is 3.64.